The van der Waals surface area contributed by atoms with Gasteiger partial charge in [0.15, 0.2) is 6.10 Å². The third-order valence-corrected chi connectivity index (χ3v) is 5.58. The predicted octanol–water partition coefficient (Wildman–Crippen LogP) is 3.83. The molecule has 2 aromatic carbocycles. The SMILES string of the molecule is CCOC(=O)CC1Oc2ccc3c(c2NC1=O)c(C(=O)OCC)c(C)n3Cc1ccccc1. The number of rotatable bonds is 7. The molecule has 3 aromatic rings. The number of hydrogen-bond donors (Lipinski definition) is 1. The largest absolute Gasteiger partial charge is 0.478 e. The molecule has 172 valence electrons. The number of amides is 1. The Morgan fingerprint density at radius 2 is 1.79 bits per heavy atom. The van der Waals surface area contributed by atoms with E-state index >= 15 is 0 Å². The van der Waals surface area contributed by atoms with Gasteiger partial charge in [0, 0.05) is 17.6 Å². The molecule has 0 fully saturated rings. The van der Waals surface area contributed by atoms with E-state index in [0.29, 0.717) is 28.9 Å². The van der Waals surface area contributed by atoms with E-state index in [9.17, 15) is 14.4 Å². The molecule has 0 radical (unpaired) electrons. The van der Waals surface area contributed by atoms with Gasteiger partial charge in [-0.15, -0.1) is 0 Å². The molecule has 1 aliphatic heterocycles. The molecule has 1 aliphatic rings. The Kier molecular flexibility index (Phi) is 6.35. The Hall–Kier alpha value is -3.81. The van der Waals surface area contributed by atoms with Crippen molar-refractivity contribution in [3.05, 3.63) is 59.3 Å². The van der Waals surface area contributed by atoms with Crippen LogP contribution in [0.4, 0.5) is 5.69 Å². The van der Waals surface area contributed by atoms with Crippen molar-refractivity contribution >= 4 is 34.4 Å². The summed E-state index contributed by atoms with van der Waals surface area (Å²) in [6, 6.07) is 13.5. The zero-order chi connectivity index (χ0) is 23.5. The molecule has 0 saturated carbocycles. The molecule has 1 atom stereocenters. The molecule has 1 amide bonds. The summed E-state index contributed by atoms with van der Waals surface area (Å²) < 4.78 is 18.2. The van der Waals surface area contributed by atoms with Gasteiger partial charge < -0.3 is 24.1 Å². The third kappa shape index (κ3) is 4.28. The van der Waals surface area contributed by atoms with Crippen molar-refractivity contribution in [3.63, 3.8) is 0 Å². The molecule has 1 unspecified atom stereocenters. The van der Waals surface area contributed by atoms with E-state index < -0.39 is 23.9 Å². The summed E-state index contributed by atoms with van der Waals surface area (Å²) in [5, 5.41) is 3.41. The molecule has 8 heteroatoms. The van der Waals surface area contributed by atoms with E-state index in [4.69, 9.17) is 14.2 Å². The van der Waals surface area contributed by atoms with Crippen LogP contribution < -0.4 is 10.1 Å². The van der Waals surface area contributed by atoms with Gasteiger partial charge in [-0.05, 0) is 38.5 Å². The second kappa shape index (κ2) is 9.36. The van der Waals surface area contributed by atoms with Gasteiger partial charge in [0.05, 0.1) is 36.4 Å². The summed E-state index contributed by atoms with van der Waals surface area (Å²) in [4.78, 5) is 37.6. The van der Waals surface area contributed by atoms with E-state index in [-0.39, 0.29) is 19.6 Å². The highest BCUT2D eigenvalue weighted by atomic mass is 16.5. The summed E-state index contributed by atoms with van der Waals surface area (Å²) in [6.45, 7) is 6.30. The highest BCUT2D eigenvalue weighted by Gasteiger charge is 2.34. The number of carbonyl (C=O) groups is 3. The maximum atomic E-state index is 12.9. The molecule has 33 heavy (non-hydrogen) atoms. The average molecular weight is 450 g/mol. The predicted molar refractivity (Wildman–Crippen MR) is 122 cm³/mol. The maximum Gasteiger partial charge on any atom is 0.340 e. The lowest BCUT2D eigenvalue weighted by Crippen LogP contribution is -2.39. The van der Waals surface area contributed by atoms with Gasteiger partial charge in [-0.1, -0.05) is 30.3 Å². The standard InChI is InChI=1S/C25H26N2O6/c1-4-31-20(28)13-19-24(29)26-23-18(33-19)12-11-17-22(23)21(25(30)32-5-2)15(3)27(17)14-16-9-7-6-8-10-16/h6-12,19H,4-5,13-14H2,1-3H3,(H,26,29). The Bertz CT molecular complexity index is 1210. The van der Waals surface area contributed by atoms with E-state index in [1.807, 2.05) is 47.9 Å². The number of fused-ring (bicyclic) bond motifs is 3. The maximum absolute atomic E-state index is 12.9. The fraction of sp³-hybridized carbons (Fsp3) is 0.320. The Morgan fingerprint density at radius 1 is 1.06 bits per heavy atom. The summed E-state index contributed by atoms with van der Waals surface area (Å²) in [5.41, 5.74) is 3.35. The zero-order valence-electron chi connectivity index (χ0n) is 18.8. The van der Waals surface area contributed by atoms with Crippen molar-refractivity contribution in [3.8, 4) is 5.75 Å². The smallest absolute Gasteiger partial charge is 0.340 e. The van der Waals surface area contributed by atoms with Gasteiger partial charge in [-0.25, -0.2) is 4.79 Å². The van der Waals surface area contributed by atoms with Gasteiger partial charge in [0.1, 0.15) is 5.75 Å². The van der Waals surface area contributed by atoms with E-state index in [0.717, 1.165) is 16.8 Å². The van der Waals surface area contributed by atoms with Gasteiger partial charge in [-0.3, -0.25) is 9.59 Å². The summed E-state index contributed by atoms with van der Waals surface area (Å²) in [6.07, 6.45) is -1.21. The summed E-state index contributed by atoms with van der Waals surface area (Å²) in [7, 11) is 0. The molecular weight excluding hydrogens is 424 g/mol. The van der Waals surface area contributed by atoms with Crippen LogP contribution in [0.2, 0.25) is 0 Å². The normalized spacial score (nSPS) is 14.9. The van der Waals surface area contributed by atoms with Gasteiger partial charge in [0.25, 0.3) is 5.91 Å². The molecule has 0 aliphatic carbocycles. The number of anilines is 1. The Labute approximate surface area is 191 Å². The van der Waals surface area contributed by atoms with Crippen molar-refractivity contribution in [2.24, 2.45) is 0 Å². The Balaban J connectivity index is 1.82. The second-order valence-corrected chi connectivity index (χ2v) is 7.69. The minimum absolute atomic E-state index is 0.198. The quantitative estimate of drug-likeness (QED) is 0.550. The van der Waals surface area contributed by atoms with Crippen LogP contribution in [0.25, 0.3) is 10.9 Å². The molecule has 8 nitrogen and oxygen atoms in total. The number of nitrogens with zero attached hydrogens (tertiary/aromatic N) is 1. The van der Waals surface area contributed by atoms with Crippen LogP contribution in [0.3, 0.4) is 0 Å². The monoisotopic (exact) mass is 450 g/mol. The fourth-order valence-electron chi connectivity index (χ4n) is 4.11. The first-order chi connectivity index (χ1) is 15.9. The molecule has 0 bridgehead atoms. The first-order valence-corrected chi connectivity index (χ1v) is 10.9. The summed E-state index contributed by atoms with van der Waals surface area (Å²) in [5.74, 6) is -1.06. The van der Waals surface area contributed by atoms with Gasteiger partial charge >= 0.3 is 11.9 Å². The molecule has 1 aromatic heterocycles. The minimum Gasteiger partial charge on any atom is -0.478 e. The molecule has 1 N–H and O–H groups in total. The zero-order valence-corrected chi connectivity index (χ0v) is 18.8. The average Bonchev–Trinajstić information content (AvgIpc) is 3.07. The number of nitrogens with one attached hydrogen (secondary N) is 1. The van der Waals surface area contributed by atoms with Crippen LogP contribution in [0.15, 0.2) is 42.5 Å². The molecule has 4 rings (SSSR count). The van der Waals surface area contributed by atoms with Crippen molar-refractivity contribution in [1.29, 1.82) is 0 Å². The van der Waals surface area contributed by atoms with Crippen LogP contribution in [0.5, 0.6) is 5.75 Å². The second-order valence-electron chi connectivity index (χ2n) is 7.69. The highest BCUT2D eigenvalue weighted by molar-refractivity contribution is 6.16. The minimum atomic E-state index is -1.01. The van der Waals surface area contributed by atoms with Crippen LogP contribution >= 0.6 is 0 Å². The van der Waals surface area contributed by atoms with Crippen LogP contribution in [0.1, 0.15) is 41.9 Å². The number of aromatic nitrogens is 1. The Morgan fingerprint density at radius 3 is 2.48 bits per heavy atom. The number of benzene rings is 2. The topological polar surface area (TPSA) is 95.9 Å². The van der Waals surface area contributed by atoms with Crippen LogP contribution in [0, 0.1) is 6.92 Å². The van der Waals surface area contributed by atoms with Gasteiger partial charge in [0.2, 0.25) is 0 Å². The first-order valence-electron chi connectivity index (χ1n) is 10.9. The molecule has 0 spiro atoms. The number of carbonyl (C=O) groups excluding carboxylic acids is 3. The van der Waals surface area contributed by atoms with Crippen molar-refractivity contribution in [2.45, 2.75) is 39.8 Å². The molecule has 2 heterocycles. The fourth-order valence-corrected chi connectivity index (χ4v) is 4.11. The van der Waals surface area contributed by atoms with Crippen LogP contribution in [-0.2, 0) is 25.6 Å². The summed E-state index contributed by atoms with van der Waals surface area (Å²) >= 11 is 0. The van der Waals surface area contributed by atoms with Gasteiger partial charge in [-0.2, -0.15) is 0 Å². The van der Waals surface area contributed by atoms with Crippen molar-refractivity contribution in [2.75, 3.05) is 18.5 Å². The van der Waals surface area contributed by atoms with Crippen molar-refractivity contribution in [1.82, 2.24) is 4.57 Å². The third-order valence-electron chi connectivity index (χ3n) is 5.58. The number of ether oxygens (including phenoxy) is 3. The molecular formula is C25H26N2O6. The lowest BCUT2D eigenvalue weighted by molar-refractivity contribution is -0.147. The van der Waals surface area contributed by atoms with Crippen molar-refractivity contribution < 1.29 is 28.6 Å². The number of hydrogen-bond acceptors (Lipinski definition) is 6. The lowest BCUT2D eigenvalue weighted by Gasteiger charge is -2.26. The highest BCUT2D eigenvalue weighted by Crippen LogP contribution is 2.41. The first kappa shape index (κ1) is 22.4. The van der Waals surface area contributed by atoms with E-state index in [2.05, 4.69) is 5.32 Å². The van der Waals surface area contributed by atoms with E-state index in [1.54, 1.807) is 19.9 Å². The molecule has 0 saturated heterocycles. The lowest BCUT2D eigenvalue weighted by atomic mass is 10.1. The van der Waals surface area contributed by atoms with E-state index in [1.165, 1.54) is 0 Å². The number of esters is 2. The van der Waals surface area contributed by atoms with Crippen LogP contribution in [-0.4, -0.2) is 41.7 Å².